The van der Waals surface area contributed by atoms with Gasteiger partial charge in [-0.2, -0.15) is 0 Å². The van der Waals surface area contributed by atoms with Crippen LogP contribution in [0.4, 0.5) is 0 Å². The molecule has 0 radical (unpaired) electrons. The molecular weight excluding hydrogens is 390 g/mol. The van der Waals surface area contributed by atoms with Crippen molar-refractivity contribution < 1.29 is 14.2 Å². The van der Waals surface area contributed by atoms with E-state index in [9.17, 15) is 0 Å². The average molecular weight is 420 g/mol. The first-order chi connectivity index (χ1) is 15.2. The zero-order valence-corrected chi connectivity index (χ0v) is 18.2. The number of methoxy groups -OCH3 is 2. The van der Waals surface area contributed by atoms with Crippen LogP contribution in [0.25, 0.3) is 11.4 Å². The van der Waals surface area contributed by atoms with Crippen LogP contribution < -0.4 is 9.47 Å². The van der Waals surface area contributed by atoms with Gasteiger partial charge in [-0.25, -0.2) is 9.97 Å². The molecule has 1 atom stereocenters. The fraction of sp³-hybridized carbons (Fsp3) is 0.360. The molecule has 1 saturated heterocycles. The third kappa shape index (κ3) is 5.81. The van der Waals surface area contributed by atoms with Crippen molar-refractivity contribution in [2.45, 2.75) is 32.0 Å². The van der Waals surface area contributed by atoms with Crippen molar-refractivity contribution in [3.05, 3.63) is 72.1 Å². The number of hydrogen-bond acceptors (Lipinski definition) is 6. The summed E-state index contributed by atoms with van der Waals surface area (Å²) in [6, 6.07) is 16.0. The lowest BCUT2D eigenvalue weighted by Crippen LogP contribution is -2.31. The Balaban J connectivity index is 1.47. The van der Waals surface area contributed by atoms with Crippen molar-refractivity contribution in [1.82, 2.24) is 14.9 Å². The van der Waals surface area contributed by atoms with Crippen LogP contribution in [-0.4, -0.2) is 48.3 Å². The molecule has 31 heavy (non-hydrogen) atoms. The van der Waals surface area contributed by atoms with Gasteiger partial charge < -0.3 is 14.2 Å². The topological polar surface area (TPSA) is 56.7 Å². The molecule has 0 N–H and O–H groups in total. The molecule has 1 fully saturated rings. The van der Waals surface area contributed by atoms with E-state index < -0.39 is 0 Å². The molecule has 0 aliphatic carbocycles. The van der Waals surface area contributed by atoms with Crippen molar-refractivity contribution in [3.8, 4) is 22.9 Å². The molecule has 0 amide bonds. The zero-order valence-electron chi connectivity index (χ0n) is 18.2. The lowest BCUT2D eigenvalue weighted by Gasteiger charge is -2.25. The van der Waals surface area contributed by atoms with Crippen LogP contribution in [0.2, 0.25) is 0 Å². The summed E-state index contributed by atoms with van der Waals surface area (Å²) in [5.74, 6) is 2.41. The summed E-state index contributed by atoms with van der Waals surface area (Å²) in [5.41, 5.74) is 3.27. The first-order valence-corrected chi connectivity index (χ1v) is 10.7. The van der Waals surface area contributed by atoms with E-state index in [1.54, 1.807) is 14.2 Å². The van der Waals surface area contributed by atoms with Gasteiger partial charge in [0.2, 0.25) is 0 Å². The standard InChI is InChI=1S/C25H29N3O3/c1-29-22-10-8-21(9-11-22)25-26-14-20(15-27-25)17-28(18-24-7-4-12-31-24)16-19-5-3-6-23(13-19)30-2/h3,5-6,8-11,13-15,24H,4,7,12,16-18H2,1-2H3/t24-/m1/s1. The molecular formula is C25H29N3O3. The van der Waals surface area contributed by atoms with E-state index in [-0.39, 0.29) is 6.10 Å². The second-order valence-electron chi connectivity index (χ2n) is 7.80. The van der Waals surface area contributed by atoms with Crippen LogP contribution >= 0.6 is 0 Å². The number of rotatable bonds is 9. The van der Waals surface area contributed by atoms with Crippen molar-refractivity contribution in [2.24, 2.45) is 0 Å². The van der Waals surface area contributed by atoms with Gasteiger partial charge in [-0.3, -0.25) is 4.90 Å². The van der Waals surface area contributed by atoms with Crippen molar-refractivity contribution in [2.75, 3.05) is 27.4 Å². The molecule has 162 valence electrons. The van der Waals surface area contributed by atoms with E-state index in [2.05, 4.69) is 27.0 Å². The summed E-state index contributed by atoms with van der Waals surface area (Å²) >= 11 is 0. The molecule has 0 spiro atoms. The Morgan fingerprint density at radius 3 is 2.35 bits per heavy atom. The molecule has 1 aliphatic rings. The van der Waals surface area contributed by atoms with Crippen LogP contribution in [0.5, 0.6) is 11.5 Å². The predicted molar refractivity (Wildman–Crippen MR) is 120 cm³/mol. The molecule has 1 aliphatic heterocycles. The maximum Gasteiger partial charge on any atom is 0.159 e. The largest absolute Gasteiger partial charge is 0.497 e. The van der Waals surface area contributed by atoms with Gasteiger partial charge in [0.15, 0.2) is 5.82 Å². The van der Waals surface area contributed by atoms with Crippen LogP contribution in [-0.2, 0) is 17.8 Å². The van der Waals surface area contributed by atoms with E-state index in [0.717, 1.165) is 61.7 Å². The molecule has 1 aromatic heterocycles. The minimum atomic E-state index is 0.282. The molecule has 6 heteroatoms. The number of hydrogen-bond donors (Lipinski definition) is 0. The van der Waals surface area contributed by atoms with E-state index in [4.69, 9.17) is 14.2 Å². The molecule has 2 aromatic carbocycles. The van der Waals surface area contributed by atoms with Gasteiger partial charge in [-0.15, -0.1) is 0 Å². The van der Waals surface area contributed by atoms with E-state index >= 15 is 0 Å². The van der Waals surface area contributed by atoms with Crippen LogP contribution in [0, 0.1) is 0 Å². The summed E-state index contributed by atoms with van der Waals surface area (Å²) in [7, 11) is 3.36. The molecule has 0 saturated carbocycles. The Morgan fingerprint density at radius 1 is 0.935 bits per heavy atom. The van der Waals surface area contributed by atoms with Crippen LogP contribution in [0.15, 0.2) is 60.9 Å². The smallest absolute Gasteiger partial charge is 0.159 e. The zero-order chi connectivity index (χ0) is 21.5. The second kappa shape index (κ2) is 10.4. The highest BCUT2D eigenvalue weighted by Gasteiger charge is 2.20. The summed E-state index contributed by atoms with van der Waals surface area (Å²) in [6.07, 6.45) is 6.37. The van der Waals surface area contributed by atoms with Crippen molar-refractivity contribution in [3.63, 3.8) is 0 Å². The lowest BCUT2D eigenvalue weighted by atomic mass is 10.1. The SMILES string of the molecule is COc1ccc(-c2ncc(CN(Cc3cccc(OC)c3)C[C@H]3CCCO3)cn2)cc1. The van der Waals surface area contributed by atoms with Crippen molar-refractivity contribution >= 4 is 0 Å². The Morgan fingerprint density at radius 2 is 1.68 bits per heavy atom. The van der Waals surface area contributed by atoms with Crippen molar-refractivity contribution in [1.29, 1.82) is 0 Å². The number of nitrogens with zero attached hydrogens (tertiary/aromatic N) is 3. The summed E-state index contributed by atoms with van der Waals surface area (Å²) in [5, 5.41) is 0. The molecule has 2 heterocycles. The molecule has 3 aromatic rings. The predicted octanol–water partition coefficient (Wildman–Crippen LogP) is 4.34. The van der Waals surface area contributed by atoms with Gasteiger partial charge >= 0.3 is 0 Å². The number of benzene rings is 2. The first-order valence-electron chi connectivity index (χ1n) is 10.7. The number of aromatic nitrogens is 2. The maximum absolute atomic E-state index is 5.89. The Bertz CT molecular complexity index is 955. The van der Waals surface area contributed by atoms with Gasteiger partial charge in [-0.05, 0) is 54.8 Å². The Hall–Kier alpha value is -2.96. The number of ether oxygens (including phenoxy) is 3. The van der Waals surface area contributed by atoms with Crippen LogP contribution in [0.3, 0.4) is 0 Å². The second-order valence-corrected chi connectivity index (χ2v) is 7.80. The van der Waals surface area contributed by atoms with Gasteiger partial charge in [0.05, 0.1) is 20.3 Å². The minimum Gasteiger partial charge on any atom is -0.497 e. The average Bonchev–Trinajstić information content (AvgIpc) is 3.33. The van der Waals surface area contributed by atoms with E-state index in [1.165, 1.54) is 5.56 Å². The van der Waals surface area contributed by atoms with Gasteiger partial charge in [0.1, 0.15) is 11.5 Å². The fourth-order valence-electron chi connectivity index (χ4n) is 3.87. The maximum atomic E-state index is 5.89. The Kier molecular flexibility index (Phi) is 7.12. The van der Waals surface area contributed by atoms with Crippen LogP contribution in [0.1, 0.15) is 24.0 Å². The molecule has 4 rings (SSSR count). The lowest BCUT2D eigenvalue weighted by molar-refractivity contribution is 0.0678. The van der Waals surface area contributed by atoms with Gasteiger partial charge in [0.25, 0.3) is 0 Å². The highest BCUT2D eigenvalue weighted by Crippen LogP contribution is 2.21. The minimum absolute atomic E-state index is 0.282. The summed E-state index contributed by atoms with van der Waals surface area (Å²) < 4.78 is 16.5. The third-order valence-corrected chi connectivity index (χ3v) is 5.49. The quantitative estimate of drug-likeness (QED) is 0.514. The fourth-order valence-corrected chi connectivity index (χ4v) is 3.87. The molecule has 0 unspecified atom stereocenters. The van der Waals surface area contributed by atoms with Gasteiger partial charge in [0, 0.05) is 49.8 Å². The molecule has 0 bridgehead atoms. The Labute approximate surface area is 183 Å². The monoisotopic (exact) mass is 419 g/mol. The van der Waals surface area contributed by atoms with E-state index in [1.807, 2.05) is 48.8 Å². The van der Waals surface area contributed by atoms with E-state index in [0.29, 0.717) is 5.82 Å². The molecule has 6 nitrogen and oxygen atoms in total. The van der Waals surface area contributed by atoms with Gasteiger partial charge in [-0.1, -0.05) is 12.1 Å². The first kappa shape index (κ1) is 21.3. The summed E-state index contributed by atoms with van der Waals surface area (Å²) in [4.78, 5) is 11.6. The third-order valence-electron chi connectivity index (χ3n) is 5.49. The highest BCUT2D eigenvalue weighted by atomic mass is 16.5. The summed E-state index contributed by atoms with van der Waals surface area (Å²) in [6.45, 7) is 3.33. The normalized spacial score (nSPS) is 15.9. The highest BCUT2D eigenvalue weighted by molar-refractivity contribution is 5.55.